The third-order valence-electron chi connectivity index (χ3n) is 13.4. The van der Waals surface area contributed by atoms with Crippen LogP contribution in [-0.2, 0) is 42.7 Å². The van der Waals surface area contributed by atoms with Gasteiger partial charge in [0.15, 0.2) is 18.4 Å². The number of nitrogens with zero attached hydrogens (tertiary/aromatic N) is 1. The van der Waals surface area contributed by atoms with Crippen molar-refractivity contribution in [2.24, 2.45) is 35.5 Å². The largest absolute Gasteiger partial charge is 0.462 e. The van der Waals surface area contributed by atoms with E-state index < -0.39 is 24.6 Å². The van der Waals surface area contributed by atoms with E-state index in [9.17, 15) is 14.7 Å². The number of ketones is 1. The van der Waals surface area contributed by atoms with E-state index in [0.717, 1.165) is 50.5 Å². The molecule has 0 unspecified atom stereocenters. The Bertz CT molecular complexity index is 1330. The van der Waals surface area contributed by atoms with Crippen LogP contribution < -0.4 is 0 Å². The molecule has 3 aliphatic carbocycles. The summed E-state index contributed by atoms with van der Waals surface area (Å²) < 4.78 is 43.2. The number of carbonyl (C=O) groups excluding carboxylic acids is 2. The quantitative estimate of drug-likeness (QED) is 0.253. The van der Waals surface area contributed by atoms with E-state index >= 15 is 0 Å². The molecule has 0 bridgehead atoms. The first kappa shape index (κ1) is 40.0. The molecule has 1 N–H and O–H groups in total. The van der Waals surface area contributed by atoms with E-state index in [4.69, 9.17) is 33.2 Å². The molecular formula is C41H67NO10. The minimum Gasteiger partial charge on any atom is -0.462 e. The molecule has 3 saturated heterocycles. The van der Waals surface area contributed by atoms with E-state index in [-0.39, 0.29) is 91.9 Å². The molecule has 0 radical (unpaired) electrons. The second-order valence-electron chi connectivity index (χ2n) is 16.8. The van der Waals surface area contributed by atoms with Gasteiger partial charge in [-0.3, -0.25) is 9.59 Å². The molecule has 11 nitrogen and oxygen atoms in total. The van der Waals surface area contributed by atoms with Crippen LogP contribution in [0.1, 0.15) is 93.8 Å². The van der Waals surface area contributed by atoms with Crippen molar-refractivity contribution in [1.29, 1.82) is 0 Å². The average molecular weight is 734 g/mol. The van der Waals surface area contributed by atoms with Crippen LogP contribution in [-0.4, -0.2) is 118 Å². The van der Waals surface area contributed by atoms with Gasteiger partial charge in [-0.2, -0.15) is 0 Å². The summed E-state index contributed by atoms with van der Waals surface area (Å²) in [6.45, 7) is 10.2. The number of hydrogen-bond acceptors (Lipinski definition) is 11. The van der Waals surface area contributed by atoms with Gasteiger partial charge in [0.1, 0.15) is 24.4 Å². The number of cyclic esters (lactones) is 1. The van der Waals surface area contributed by atoms with E-state index in [1.165, 1.54) is 5.57 Å². The molecule has 1 saturated carbocycles. The zero-order valence-electron chi connectivity index (χ0n) is 32.9. The Labute approximate surface area is 312 Å². The van der Waals surface area contributed by atoms with Crippen LogP contribution in [0.2, 0.25) is 0 Å². The molecule has 0 aromatic heterocycles. The van der Waals surface area contributed by atoms with Crippen molar-refractivity contribution in [2.45, 2.75) is 160 Å². The highest BCUT2D eigenvalue weighted by atomic mass is 16.7. The fourth-order valence-electron chi connectivity index (χ4n) is 10.5. The lowest BCUT2D eigenvalue weighted by Gasteiger charge is -2.42. The molecule has 4 fully saturated rings. The van der Waals surface area contributed by atoms with Gasteiger partial charge in [0, 0.05) is 33.5 Å². The van der Waals surface area contributed by atoms with E-state index in [2.05, 4.69) is 51.9 Å². The molecule has 0 spiro atoms. The molecule has 17 atom stereocenters. The van der Waals surface area contributed by atoms with Gasteiger partial charge < -0.3 is 43.2 Å². The molecule has 11 heteroatoms. The number of aliphatic hydroxyl groups excluding tert-OH is 1. The molecule has 6 rings (SSSR count). The highest BCUT2D eigenvalue weighted by Gasteiger charge is 2.53. The summed E-state index contributed by atoms with van der Waals surface area (Å²) in [7, 11) is 7.29. The maximum Gasteiger partial charge on any atom is 0.306 e. The number of carbonyl (C=O) groups is 2. The maximum atomic E-state index is 14.7. The zero-order valence-corrected chi connectivity index (χ0v) is 32.9. The van der Waals surface area contributed by atoms with Crippen molar-refractivity contribution in [3.8, 4) is 0 Å². The lowest BCUT2D eigenvalue weighted by Crippen LogP contribution is -2.59. The highest BCUT2D eigenvalue weighted by molar-refractivity contribution is 5.99. The predicted octanol–water partition coefficient (Wildman–Crippen LogP) is 5.47. The summed E-state index contributed by atoms with van der Waals surface area (Å²) in [4.78, 5) is 30.5. The molecular weight excluding hydrogens is 666 g/mol. The van der Waals surface area contributed by atoms with Gasteiger partial charge in [0.05, 0.1) is 30.8 Å². The highest BCUT2D eigenvalue weighted by Crippen LogP contribution is 2.56. The molecule has 0 aromatic rings. The smallest absolute Gasteiger partial charge is 0.306 e. The zero-order chi connectivity index (χ0) is 37.4. The average Bonchev–Trinajstić information content (AvgIpc) is 3.68. The molecule has 6 aliphatic rings. The number of methoxy groups -OCH3 is 2. The van der Waals surface area contributed by atoms with Crippen LogP contribution in [0.3, 0.4) is 0 Å². The van der Waals surface area contributed by atoms with Crippen molar-refractivity contribution in [3.05, 3.63) is 23.3 Å². The summed E-state index contributed by atoms with van der Waals surface area (Å²) in [6.07, 6.45) is 7.01. The third-order valence-corrected chi connectivity index (χ3v) is 13.4. The van der Waals surface area contributed by atoms with Crippen molar-refractivity contribution >= 4 is 11.8 Å². The van der Waals surface area contributed by atoms with E-state index in [1.54, 1.807) is 14.2 Å². The van der Waals surface area contributed by atoms with Crippen molar-refractivity contribution in [2.75, 3.05) is 28.3 Å². The van der Waals surface area contributed by atoms with Crippen LogP contribution in [0.15, 0.2) is 23.3 Å². The lowest BCUT2D eigenvalue weighted by molar-refractivity contribution is -0.311. The first-order valence-electron chi connectivity index (χ1n) is 20.0. The second kappa shape index (κ2) is 17.0. The van der Waals surface area contributed by atoms with Crippen LogP contribution >= 0.6 is 0 Å². The van der Waals surface area contributed by atoms with Crippen molar-refractivity contribution in [3.63, 3.8) is 0 Å². The van der Waals surface area contributed by atoms with Crippen LogP contribution in [0, 0.1) is 35.5 Å². The van der Waals surface area contributed by atoms with E-state index in [0.29, 0.717) is 12.5 Å². The fraction of sp³-hybridized carbons (Fsp3) is 0.854. The molecule has 0 amide bonds. The van der Waals surface area contributed by atoms with Crippen LogP contribution in [0.4, 0.5) is 0 Å². The number of likely N-dealkylation sites (N-methyl/N-ethyl adjacent to an activating group) is 1. The number of ether oxygens (including phenoxy) is 7. The molecule has 3 aliphatic heterocycles. The lowest BCUT2D eigenvalue weighted by atomic mass is 9.67. The Morgan fingerprint density at radius 1 is 0.904 bits per heavy atom. The molecule has 296 valence electrons. The minimum absolute atomic E-state index is 0. The first-order chi connectivity index (χ1) is 24.8. The number of Topliss-reactive ketones (excluding diaryl/α,β-unsaturated/α-hetero) is 1. The topological polar surface area (TPSA) is 122 Å². The number of fused-ring (bicyclic) bond motifs is 5. The molecule has 0 aromatic carbocycles. The normalized spacial score (nSPS) is 45.9. The standard InChI is InChI=1S/C41H65NO10.H2/c1-10-25-12-11-13-34(52-36-15-14-33(42(6)7)23(4)48-36)22(3)37(44)32-19-30-28(31(32)20-35(43)50-25)16-21(2)27-17-26(18-29(27)30)51-41-40(47-9)38(45)39(46-8)24(5)49-41;/h16,19,22-31,33-34,36,38-41,45H,10-15,17-18,20H2,1-9H3;1H/t22-,23-,24+,25+,26+,27+,28-,29+,30-,31+,33+,34+,36+,38-,39+,40-,41+;/m1./s1. The Hall–Kier alpha value is -1.70. The monoisotopic (exact) mass is 733 g/mol. The Balaban J connectivity index is 0.00000541. The van der Waals surface area contributed by atoms with Gasteiger partial charge in [-0.25, -0.2) is 0 Å². The number of rotatable bonds is 8. The fourth-order valence-corrected chi connectivity index (χ4v) is 10.5. The third kappa shape index (κ3) is 8.13. The predicted molar refractivity (Wildman–Crippen MR) is 196 cm³/mol. The second-order valence-corrected chi connectivity index (χ2v) is 16.8. The van der Waals surface area contributed by atoms with Crippen LogP contribution in [0.5, 0.6) is 0 Å². The Morgan fingerprint density at radius 3 is 2.33 bits per heavy atom. The summed E-state index contributed by atoms with van der Waals surface area (Å²) in [5.74, 6) is -0.152. The van der Waals surface area contributed by atoms with Crippen molar-refractivity contribution < 1.29 is 49.3 Å². The minimum atomic E-state index is -0.883. The summed E-state index contributed by atoms with van der Waals surface area (Å²) in [5.41, 5.74) is 2.03. The SMILES string of the molecule is CC[C@H]1CCC[C@H](O[C@H]2CC[C@H](N(C)C)[C@@H](C)O2)[C@@H](C)C(=O)C2=C[C@@H]3[C@@H](C=C(C)[C@@H]4C[C@H](O[C@@H]5O[C@@H](C)[C@H](OC)[C@@H](O)[C@H]5OC)C[C@H]34)[C@@H]2CC(=O)O1.[HH]. The van der Waals surface area contributed by atoms with Gasteiger partial charge in [-0.15, -0.1) is 0 Å². The van der Waals surface area contributed by atoms with Gasteiger partial charge in [0.25, 0.3) is 0 Å². The Kier molecular flexibility index (Phi) is 13.1. The molecule has 3 heterocycles. The number of allylic oxidation sites excluding steroid dienone is 4. The van der Waals surface area contributed by atoms with Crippen molar-refractivity contribution in [1.82, 2.24) is 4.90 Å². The summed E-state index contributed by atoms with van der Waals surface area (Å²) in [5, 5.41) is 11.0. The maximum absolute atomic E-state index is 14.7. The van der Waals surface area contributed by atoms with Gasteiger partial charge in [-0.05, 0) is 115 Å². The summed E-state index contributed by atoms with van der Waals surface area (Å²) in [6, 6.07) is 0.332. The summed E-state index contributed by atoms with van der Waals surface area (Å²) >= 11 is 0. The Morgan fingerprint density at radius 2 is 1.65 bits per heavy atom. The van der Waals surface area contributed by atoms with Crippen LogP contribution in [0.25, 0.3) is 0 Å². The number of aliphatic hydroxyl groups is 1. The molecule has 52 heavy (non-hydrogen) atoms. The van der Waals surface area contributed by atoms with Gasteiger partial charge in [0.2, 0.25) is 0 Å². The first-order valence-corrected chi connectivity index (χ1v) is 20.0. The number of hydrogen-bond donors (Lipinski definition) is 1. The van der Waals surface area contributed by atoms with Gasteiger partial charge >= 0.3 is 5.97 Å². The van der Waals surface area contributed by atoms with E-state index in [1.807, 2.05) is 13.8 Å². The van der Waals surface area contributed by atoms with Gasteiger partial charge in [-0.1, -0.05) is 31.6 Å². The number of esters is 1.